The summed E-state index contributed by atoms with van der Waals surface area (Å²) in [5, 5.41) is 0. The molecule has 0 aliphatic heterocycles. The van der Waals surface area contributed by atoms with E-state index < -0.39 is 6.72 Å². The molecule has 4 nitrogen and oxygen atoms in total. The van der Waals surface area contributed by atoms with Gasteiger partial charge in [-0.25, -0.2) is 0 Å². The van der Waals surface area contributed by atoms with Crippen molar-refractivity contribution in [1.29, 1.82) is 0 Å². The summed E-state index contributed by atoms with van der Waals surface area (Å²) >= 11 is 4.70. The molecule has 0 radical (unpaired) electrons. The zero-order chi connectivity index (χ0) is 9.61. The van der Waals surface area contributed by atoms with E-state index in [2.05, 4.69) is 0 Å². The van der Waals surface area contributed by atoms with Gasteiger partial charge in [-0.3, -0.25) is 0 Å². The van der Waals surface area contributed by atoms with Gasteiger partial charge >= 0.3 is 6.72 Å². The Hall–Kier alpha value is 0.490. The Morgan fingerprint density at radius 3 is 2.58 bits per heavy atom. The van der Waals surface area contributed by atoms with Crippen molar-refractivity contribution in [3.8, 4) is 0 Å². The molecule has 0 aromatic carbocycles. The average molecular weight is 214 g/mol. The number of rotatable bonds is 6. The van der Waals surface area contributed by atoms with Crippen LogP contribution >= 0.6 is 6.72 Å². The summed E-state index contributed by atoms with van der Waals surface area (Å²) in [6.45, 7) is 1.24. The van der Waals surface area contributed by atoms with Crippen LogP contribution in [0.5, 0.6) is 0 Å². The van der Waals surface area contributed by atoms with E-state index in [-0.39, 0.29) is 6.10 Å². The highest BCUT2D eigenvalue weighted by Gasteiger charge is 2.17. The topological polar surface area (TPSA) is 47.9 Å². The number of ether oxygens (including phenoxy) is 1. The van der Waals surface area contributed by atoms with Gasteiger partial charge < -0.3 is 18.7 Å². The number of hydrogen-bond acceptors (Lipinski definition) is 4. The second-order valence-electron chi connectivity index (χ2n) is 2.26. The zero-order valence-corrected chi connectivity index (χ0v) is 9.23. The monoisotopic (exact) mass is 214 g/mol. The van der Waals surface area contributed by atoms with Crippen LogP contribution in [0.15, 0.2) is 0 Å². The molecule has 0 aromatic heterocycles. The van der Waals surface area contributed by atoms with Crippen LogP contribution in [0, 0.1) is 0 Å². The molecule has 6 heteroatoms. The molecular weight excluding hydrogens is 199 g/mol. The van der Waals surface area contributed by atoms with Gasteiger partial charge in [0.15, 0.2) is 0 Å². The smallest absolute Gasteiger partial charge is 0.324 e. The molecule has 2 atom stereocenters. The lowest BCUT2D eigenvalue weighted by atomic mass is 10.5. The molecule has 0 aliphatic carbocycles. The van der Waals surface area contributed by atoms with Crippen molar-refractivity contribution in [2.75, 3.05) is 20.3 Å². The minimum Gasteiger partial charge on any atom is -0.382 e. The molecule has 0 bridgehead atoms. The van der Waals surface area contributed by atoms with Crippen LogP contribution in [0.25, 0.3) is 0 Å². The van der Waals surface area contributed by atoms with Crippen LogP contribution in [-0.4, -0.2) is 31.3 Å². The highest BCUT2D eigenvalue weighted by atomic mass is 32.5. The number of methoxy groups -OCH3 is 1. The van der Waals surface area contributed by atoms with Crippen molar-refractivity contribution < 1.29 is 18.7 Å². The third kappa shape index (κ3) is 6.06. The van der Waals surface area contributed by atoms with E-state index in [9.17, 15) is 4.89 Å². The lowest BCUT2D eigenvalue weighted by Gasteiger charge is -2.19. The second kappa shape index (κ2) is 6.02. The summed E-state index contributed by atoms with van der Waals surface area (Å²) in [5.41, 5.74) is 0. The Labute approximate surface area is 78.1 Å². The van der Waals surface area contributed by atoms with Crippen molar-refractivity contribution in [2.24, 2.45) is 0 Å². The molecule has 0 spiro atoms. The molecular formula is C6H15O4PS. The summed E-state index contributed by atoms with van der Waals surface area (Å²) < 4.78 is 14.7. The van der Waals surface area contributed by atoms with Crippen molar-refractivity contribution in [3.05, 3.63) is 0 Å². The molecule has 74 valence electrons. The first kappa shape index (κ1) is 12.5. The predicted octanol–water partition coefficient (Wildman–Crippen LogP) is 1.29. The molecule has 0 rings (SSSR count). The van der Waals surface area contributed by atoms with E-state index >= 15 is 0 Å². The Bertz CT molecular complexity index is 164. The van der Waals surface area contributed by atoms with Crippen molar-refractivity contribution >= 4 is 18.5 Å². The number of hydrogen-bond donors (Lipinski definition) is 1. The summed E-state index contributed by atoms with van der Waals surface area (Å²) in [7, 11) is 1.56. The van der Waals surface area contributed by atoms with Crippen LogP contribution in [-0.2, 0) is 25.6 Å². The Morgan fingerprint density at radius 1 is 1.58 bits per heavy atom. The lowest BCUT2D eigenvalue weighted by Crippen LogP contribution is -2.13. The van der Waals surface area contributed by atoms with Crippen LogP contribution in [0.3, 0.4) is 0 Å². The first-order valence-electron chi connectivity index (χ1n) is 3.66. The third-order valence-corrected chi connectivity index (χ3v) is 2.79. The minimum absolute atomic E-state index is 0.239. The maximum atomic E-state index is 9.34. The zero-order valence-electron chi connectivity index (χ0n) is 7.52. The van der Waals surface area contributed by atoms with E-state index in [1.807, 2.05) is 0 Å². The average Bonchev–Trinajstić information content (AvgIpc) is 1.85. The highest BCUT2D eigenvalue weighted by Crippen LogP contribution is 2.44. The van der Waals surface area contributed by atoms with Crippen LogP contribution in [0.2, 0.25) is 0 Å². The van der Waals surface area contributed by atoms with Gasteiger partial charge in [0, 0.05) is 7.11 Å². The molecule has 0 aromatic rings. The van der Waals surface area contributed by atoms with Gasteiger partial charge in [-0.05, 0) is 25.7 Å². The first-order chi connectivity index (χ1) is 5.52. The van der Waals surface area contributed by atoms with Crippen LogP contribution in [0.4, 0.5) is 0 Å². The van der Waals surface area contributed by atoms with Crippen molar-refractivity contribution in [3.63, 3.8) is 0 Å². The maximum Gasteiger partial charge on any atom is 0.324 e. The molecule has 0 fully saturated rings. The molecule has 0 aliphatic rings. The van der Waals surface area contributed by atoms with Gasteiger partial charge in [0.1, 0.15) is 0 Å². The molecule has 0 saturated carbocycles. The second-order valence-corrected chi connectivity index (χ2v) is 5.05. The van der Waals surface area contributed by atoms with E-state index in [0.29, 0.717) is 13.2 Å². The molecule has 12 heavy (non-hydrogen) atoms. The Morgan fingerprint density at radius 2 is 2.17 bits per heavy atom. The molecule has 1 N–H and O–H groups in total. The van der Waals surface area contributed by atoms with Crippen molar-refractivity contribution in [1.82, 2.24) is 0 Å². The lowest BCUT2D eigenvalue weighted by molar-refractivity contribution is 0.0740. The molecule has 0 saturated heterocycles. The molecule has 1 unspecified atom stereocenters. The Balaban J connectivity index is 3.79. The van der Waals surface area contributed by atoms with Crippen LogP contribution < -0.4 is 0 Å². The van der Waals surface area contributed by atoms with Gasteiger partial charge in [0.25, 0.3) is 0 Å². The summed E-state index contributed by atoms with van der Waals surface area (Å²) in [5.74, 6) is 0. The predicted molar refractivity (Wildman–Crippen MR) is 50.6 cm³/mol. The first-order valence-corrected chi connectivity index (χ1v) is 6.25. The van der Waals surface area contributed by atoms with E-state index in [1.54, 1.807) is 21.0 Å². The van der Waals surface area contributed by atoms with Gasteiger partial charge in [-0.2, -0.15) is 0 Å². The van der Waals surface area contributed by atoms with Gasteiger partial charge in [0.2, 0.25) is 0 Å². The Kier molecular flexibility index (Phi) is 6.27. The summed E-state index contributed by atoms with van der Waals surface area (Å²) in [6, 6.07) is 0. The van der Waals surface area contributed by atoms with Gasteiger partial charge in [-0.1, -0.05) is 0 Å². The molecule has 0 heterocycles. The minimum atomic E-state index is -3.03. The van der Waals surface area contributed by atoms with Gasteiger partial charge in [-0.15, -0.1) is 0 Å². The largest absolute Gasteiger partial charge is 0.382 e. The van der Waals surface area contributed by atoms with E-state index in [4.69, 9.17) is 25.6 Å². The van der Waals surface area contributed by atoms with E-state index in [0.717, 1.165) is 0 Å². The fourth-order valence-corrected chi connectivity index (χ4v) is 2.35. The van der Waals surface area contributed by atoms with Gasteiger partial charge in [0.05, 0.1) is 19.3 Å². The normalized spacial score (nSPS) is 18.7. The quantitative estimate of drug-likeness (QED) is 0.675. The highest BCUT2D eigenvalue weighted by molar-refractivity contribution is 8.07. The SMILES string of the molecule is CCOP(O)(=S)O[C@@H](C)COC. The standard InChI is InChI=1S/C6H15O4PS/c1-4-9-11(7,12)10-6(2)5-8-3/h6H,4-5H2,1-3H3,(H,7,12)/t6-,11?/m0/s1. The van der Waals surface area contributed by atoms with Crippen molar-refractivity contribution in [2.45, 2.75) is 20.0 Å². The third-order valence-electron chi connectivity index (χ3n) is 1.01. The summed E-state index contributed by atoms with van der Waals surface area (Å²) in [4.78, 5) is 9.34. The van der Waals surface area contributed by atoms with Crippen LogP contribution in [0.1, 0.15) is 13.8 Å². The fourth-order valence-electron chi connectivity index (χ4n) is 0.686. The maximum absolute atomic E-state index is 9.34. The van der Waals surface area contributed by atoms with E-state index in [1.165, 1.54) is 0 Å². The fraction of sp³-hybridized carbons (Fsp3) is 1.00. The molecule has 0 amide bonds. The summed E-state index contributed by atoms with van der Waals surface area (Å²) in [6.07, 6.45) is -0.239.